The highest BCUT2D eigenvalue weighted by Gasteiger charge is 2.45. The minimum absolute atomic E-state index is 0.129. The van der Waals surface area contributed by atoms with Gasteiger partial charge in [-0.15, -0.1) is 0 Å². The largest absolute Gasteiger partial charge is 0.595 e. The fraction of sp³-hybridized carbons (Fsp3) is 0.538. The molecule has 22 heavy (non-hydrogen) atoms. The lowest BCUT2D eigenvalue weighted by atomic mass is 10.1. The van der Waals surface area contributed by atoms with Crippen molar-refractivity contribution in [3.8, 4) is 0 Å². The summed E-state index contributed by atoms with van der Waals surface area (Å²) in [5.41, 5.74) is 1.28. The maximum Gasteiger partial charge on any atom is 0.164 e. The molecule has 1 heterocycles. The minimum atomic E-state index is -1.35. The summed E-state index contributed by atoms with van der Waals surface area (Å²) in [7, 11) is 0. The van der Waals surface area contributed by atoms with Crippen molar-refractivity contribution in [3.05, 3.63) is 29.0 Å². The number of aliphatic hydroxyl groups is 4. The van der Waals surface area contributed by atoms with E-state index in [9.17, 15) is 20.5 Å². The quantitative estimate of drug-likeness (QED) is 0.297. The van der Waals surface area contributed by atoms with Crippen LogP contribution in [-0.4, -0.2) is 62.9 Å². The number of ether oxygens (including phenoxy) is 1. The van der Waals surface area contributed by atoms with E-state index in [-0.39, 0.29) is 5.69 Å². The smallest absolute Gasteiger partial charge is 0.164 e. The van der Waals surface area contributed by atoms with E-state index >= 15 is 0 Å². The van der Waals surface area contributed by atoms with Gasteiger partial charge in [0, 0.05) is 17.8 Å². The highest BCUT2D eigenvalue weighted by atomic mass is 16.8. The Bertz CT molecular complexity index is 513. The van der Waals surface area contributed by atoms with Gasteiger partial charge in [-0.25, -0.2) is 5.21 Å². The first-order chi connectivity index (χ1) is 10.3. The molecule has 1 aliphatic heterocycles. The van der Waals surface area contributed by atoms with Gasteiger partial charge in [0.2, 0.25) is 0 Å². The van der Waals surface area contributed by atoms with E-state index in [0.29, 0.717) is 11.3 Å². The second-order valence-corrected chi connectivity index (χ2v) is 5.23. The zero-order chi connectivity index (χ0) is 16.4. The van der Waals surface area contributed by atoms with Gasteiger partial charge >= 0.3 is 0 Å². The van der Waals surface area contributed by atoms with Gasteiger partial charge < -0.3 is 35.7 Å². The molecule has 0 aromatic heterocycles. The second-order valence-electron chi connectivity index (χ2n) is 5.23. The van der Waals surface area contributed by atoms with Crippen LogP contribution in [0, 0.1) is 12.1 Å². The molecular formula is C13H20N2O7. The van der Waals surface area contributed by atoms with Crippen LogP contribution in [0.2, 0.25) is 0 Å². The Labute approximate surface area is 126 Å². The Balaban J connectivity index is 2.11. The number of nitrogens with one attached hydrogen (secondary N) is 2. The van der Waals surface area contributed by atoms with Crippen molar-refractivity contribution in [1.82, 2.24) is 0 Å². The van der Waals surface area contributed by atoms with Crippen molar-refractivity contribution in [2.75, 3.05) is 11.9 Å². The molecule has 6 atom stereocenters. The zero-order valence-electron chi connectivity index (χ0n) is 11.9. The fourth-order valence-corrected chi connectivity index (χ4v) is 2.36. The van der Waals surface area contributed by atoms with Crippen molar-refractivity contribution in [2.45, 2.75) is 37.6 Å². The first kappa shape index (κ1) is 17.1. The number of anilines is 1. The lowest BCUT2D eigenvalue weighted by molar-refractivity contribution is -0.991. The molecule has 0 bridgehead atoms. The third-order valence-electron chi connectivity index (χ3n) is 3.64. The molecule has 1 aromatic rings. The van der Waals surface area contributed by atoms with Gasteiger partial charge in [0.15, 0.2) is 11.9 Å². The monoisotopic (exact) mass is 316 g/mol. The molecule has 0 radical (unpaired) electrons. The van der Waals surface area contributed by atoms with Crippen LogP contribution < -0.4 is 10.5 Å². The second kappa shape index (κ2) is 6.86. The van der Waals surface area contributed by atoms with Crippen LogP contribution in [0.4, 0.5) is 11.4 Å². The molecule has 0 aliphatic carbocycles. The van der Waals surface area contributed by atoms with Crippen LogP contribution in [0.1, 0.15) is 5.56 Å². The van der Waals surface area contributed by atoms with E-state index in [4.69, 9.17) is 15.1 Å². The molecule has 7 N–H and O–H groups in total. The number of hydrogen-bond acceptors (Lipinski definition) is 8. The predicted molar refractivity (Wildman–Crippen MR) is 74.3 cm³/mol. The van der Waals surface area contributed by atoms with E-state index in [1.807, 2.05) is 0 Å². The third kappa shape index (κ3) is 3.37. The molecule has 9 nitrogen and oxygen atoms in total. The molecule has 1 aromatic carbocycles. The summed E-state index contributed by atoms with van der Waals surface area (Å²) >= 11 is 0. The minimum Gasteiger partial charge on any atom is -0.595 e. The fourth-order valence-electron chi connectivity index (χ4n) is 2.36. The first-order valence-electron chi connectivity index (χ1n) is 6.76. The number of rotatable bonds is 5. The zero-order valence-corrected chi connectivity index (χ0v) is 11.9. The van der Waals surface area contributed by atoms with E-state index in [1.54, 1.807) is 6.92 Å². The number of aliphatic hydroxyl groups excluding tert-OH is 4. The number of hydrogen-bond donors (Lipinski definition) is 7. The van der Waals surface area contributed by atoms with Crippen molar-refractivity contribution < 1.29 is 35.6 Å². The van der Waals surface area contributed by atoms with Crippen LogP contribution >= 0.6 is 0 Å². The lowest BCUT2D eigenvalue weighted by Crippen LogP contribution is -2.99. The Kier molecular flexibility index (Phi) is 5.32. The Morgan fingerprint density at radius 2 is 2.05 bits per heavy atom. The third-order valence-corrected chi connectivity index (χ3v) is 3.64. The molecule has 1 fully saturated rings. The van der Waals surface area contributed by atoms with Crippen molar-refractivity contribution >= 4 is 11.4 Å². The summed E-state index contributed by atoms with van der Waals surface area (Å²) in [6, 6.07) is 4.38. The Morgan fingerprint density at radius 1 is 1.36 bits per heavy atom. The van der Waals surface area contributed by atoms with Crippen molar-refractivity contribution in [3.63, 3.8) is 0 Å². The molecule has 1 aliphatic rings. The standard InChI is InChI=1S/C13H20N2O7/c1-6-4-7(15(20)21)2-3-8(6)14-13-11(19)10(18)12(22-13)9(17)5-16/h2-4,9-20H,5H2,1H3/t9-,10-,11-,12-,13+/m1/s1. The van der Waals surface area contributed by atoms with E-state index in [2.05, 4.69) is 5.32 Å². The van der Waals surface area contributed by atoms with Crippen LogP contribution in [-0.2, 0) is 4.74 Å². The molecule has 0 saturated carbocycles. The van der Waals surface area contributed by atoms with Crippen LogP contribution in [0.3, 0.4) is 0 Å². The topological polar surface area (TPSA) is 150 Å². The average molecular weight is 316 g/mol. The maximum atomic E-state index is 10.9. The van der Waals surface area contributed by atoms with E-state index in [1.165, 1.54) is 18.2 Å². The number of quaternary nitrogens is 1. The first-order valence-corrected chi connectivity index (χ1v) is 6.76. The normalized spacial score (nSPS) is 31.0. The molecule has 1 unspecified atom stereocenters. The predicted octanol–water partition coefficient (Wildman–Crippen LogP) is -2.39. The molecular weight excluding hydrogens is 296 g/mol. The highest BCUT2D eigenvalue weighted by molar-refractivity contribution is 5.55. The van der Waals surface area contributed by atoms with Crippen molar-refractivity contribution in [1.29, 1.82) is 0 Å². The average Bonchev–Trinajstić information content (AvgIpc) is 2.76. The number of aryl methyl sites for hydroxylation is 1. The lowest BCUT2D eigenvalue weighted by Gasteiger charge is -2.21. The summed E-state index contributed by atoms with van der Waals surface area (Å²) in [4.78, 5) is 0. The SMILES string of the molecule is Cc1cc([NH+]([O-])O)ccc1N[C@H]1O[C@H]([C@H](O)CO)[C@H](O)[C@H]1O. The van der Waals surface area contributed by atoms with Crippen LogP contribution in [0.5, 0.6) is 0 Å². The molecule has 0 amide bonds. The Morgan fingerprint density at radius 3 is 2.59 bits per heavy atom. The van der Waals surface area contributed by atoms with E-state index < -0.39 is 42.5 Å². The summed E-state index contributed by atoms with van der Waals surface area (Å²) in [5, 5.41) is 59.8. The number of benzene rings is 1. The van der Waals surface area contributed by atoms with Gasteiger partial charge in [0.25, 0.3) is 0 Å². The van der Waals surface area contributed by atoms with Crippen LogP contribution in [0.15, 0.2) is 18.2 Å². The molecule has 0 spiro atoms. The van der Waals surface area contributed by atoms with Gasteiger partial charge in [0.05, 0.1) is 6.61 Å². The summed E-state index contributed by atoms with van der Waals surface area (Å²) in [6.07, 6.45) is -6.07. The van der Waals surface area contributed by atoms with Gasteiger partial charge in [-0.1, -0.05) is 0 Å². The van der Waals surface area contributed by atoms with Crippen molar-refractivity contribution in [2.24, 2.45) is 0 Å². The molecule has 124 valence electrons. The molecule has 9 heteroatoms. The summed E-state index contributed by atoms with van der Waals surface area (Å²) in [5.74, 6) is 0. The van der Waals surface area contributed by atoms with E-state index in [0.717, 1.165) is 0 Å². The van der Waals surface area contributed by atoms with Gasteiger partial charge in [0.1, 0.15) is 24.4 Å². The molecule has 2 rings (SSSR count). The molecule has 1 saturated heterocycles. The summed E-state index contributed by atoms with van der Waals surface area (Å²) < 4.78 is 5.34. The van der Waals surface area contributed by atoms with Gasteiger partial charge in [-0.3, -0.25) is 0 Å². The Hall–Kier alpha value is -1.30. The van der Waals surface area contributed by atoms with Gasteiger partial charge in [-0.2, -0.15) is 5.23 Å². The maximum absolute atomic E-state index is 10.9. The van der Waals surface area contributed by atoms with Crippen LogP contribution in [0.25, 0.3) is 0 Å². The highest BCUT2D eigenvalue weighted by Crippen LogP contribution is 2.27. The summed E-state index contributed by atoms with van der Waals surface area (Å²) in [6.45, 7) is 1.08. The van der Waals surface area contributed by atoms with Gasteiger partial charge in [-0.05, 0) is 18.6 Å².